The molecule has 0 radical (unpaired) electrons. The molecule has 2 aliphatic heterocycles. The molecule has 0 bridgehead atoms. The van der Waals surface area contributed by atoms with E-state index in [-0.39, 0.29) is 5.91 Å². The molecular formula is C18H35N5O. The molecule has 2 saturated heterocycles. The molecule has 2 heterocycles. The third-order valence-corrected chi connectivity index (χ3v) is 5.36. The summed E-state index contributed by atoms with van der Waals surface area (Å²) in [5.74, 6) is 1.73. The number of hydrogen-bond donors (Lipinski definition) is 2. The summed E-state index contributed by atoms with van der Waals surface area (Å²) < 4.78 is 0. The van der Waals surface area contributed by atoms with Gasteiger partial charge in [-0.3, -0.25) is 14.7 Å². The van der Waals surface area contributed by atoms with Crippen molar-refractivity contribution in [2.45, 2.75) is 52.0 Å². The fraction of sp³-hybridized carbons (Fsp3) is 0.889. The monoisotopic (exact) mass is 337 g/mol. The van der Waals surface area contributed by atoms with Crippen molar-refractivity contribution in [1.82, 2.24) is 20.4 Å². The molecule has 138 valence electrons. The van der Waals surface area contributed by atoms with Gasteiger partial charge >= 0.3 is 0 Å². The lowest BCUT2D eigenvalue weighted by molar-refractivity contribution is -0.121. The van der Waals surface area contributed by atoms with E-state index in [9.17, 15) is 4.79 Å². The van der Waals surface area contributed by atoms with Gasteiger partial charge in [-0.25, -0.2) is 0 Å². The summed E-state index contributed by atoms with van der Waals surface area (Å²) in [5, 5.41) is 6.19. The topological polar surface area (TPSA) is 60.0 Å². The Morgan fingerprint density at radius 1 is 1.17 bits per heavy atom. The Labute approximate surface area is 147 Å². The van der Waals surface area contributed by atoms with Gasteiger partial charge in [-0.1, -0.05) is 6.92 Å². The van der Waals surface area contributed by atoms with Gasteiger partial charge in [-0.2, -0.15) is 0 Å². The van der Waals surface area contributed by atoms with E-state index in [1.54, 1.807) is 7.05 Å². The molecule has 1 amide bonds. The molecule has 0 aliphatic carbocycles. The summed E-state index contributed by atoms with van der Waals surface area (Å²) in [6.07, 6.45) is 5.37. The molecule has 6 heteroatoms. The Morgan fingerprint density at radius 3 is 2.54 bits per heavy atom. The number of hydrogen-bond acceptors (Lipinski definition) is 3. The summed E-state index contributed by atoms with van der Waals surface area (Å²) in [6.45, 7) is 10.5. The zero-order chi connectivity index (χ0) is 17.4. The SMILES string of the molecule is CCNC(=NCC1CCCN1CC)N1CCC(CC(=O)NC)CC1. The maximum Gasteiger partial charge on any atom is 0.220 e. The highest BCUT2D eigenvalue weighted by Crippen LogP contribution is 2.21. The molecular weight excluding hydrogens is 302 g/mol. The molecule has 1 unspecified atom stereocenters. The van der Waals surface area contributed by atoms with E-state index < -0.39 is 0 Å². The average molecular weight is 338 g/mol. The first-order valence-electron chi connectivity index (χ1n) is 9.65. The molecule has 0 aromatic heterocycles. The van der Waals surface area contributed by atoms with Gasteiger partial charge in [0.05, 0.1) is 6.54 Å². The van der Waals surface area contributed by atoms with Crippen molar-refractivity contribution in [3.05, 3.63) is 0 Å². The fourth-order valence-corrected chi connectivity index (χ4v) is 3.85. The van der Waals surface area contributed by atoms with Gasteiger partial charge in [-0.05, 0) is 51.6 Å². The summed E-state index contributed by atoms with van der Waals surface area (Å²) in [4.78, 5) is 21.4. The largest absolute Gasteiger partial charge is 0.359 e. The highest BCUT2D eigenvalue weighted by atomic mass is 16.1. The smallest absolute Gasteiger partial charge is 0.220 e. The van der Waals surface area contributed by atoms with Gasteiger partial charge in [0.2, 0.25) is 5.91 Å². The van der Waals surface area contributed by atoms with Gasteiger partial charge in [0.25, 0.3) is 0 Å². The van der Waals surface area contributed by atoms with Crippen LogP contribution >= 0.6 is 0 Å². The molecule has 0 spiro atoms. The first-order valence-corrected chi connectivity index (χ1v) is 9.65. The van der Waals surface area contributed by atoms with Gasteiger partial charge in [-0.15, -0.1) is 0 Å². The summed E-state index contributed by atoms with van der Waals surface area (Å²) in [6, 6.07) is 0.606. The number of guanidine groups is 1. The lowest BCUT2D eigenvalue weighted by atomic mass is 9.93. The van der Waals surface area contributed by atoms with E-state index in [0.717, 1.165) is 51.5 Å². The number of likely N-dealkylation sites (tertiary alicyclic amines) is 2. The summed E-state index contributed by atoms with van der Waals surface area (Å²) in [5.41, 5.74) is 0. The first-order chi connectivity index (χ1) is 11.7. The van der Waals surface area contributed by atoms with Crippen LogP contribution in [0.1, 0.15) is 46.0 Å². The number of nitrogens with zero attached hydrogens (tertiary/aromatic N) is 3. The minimum Gasteiger partial charge on any atom is -0.359 e. The maximum atomic E-state index is 11.5. The molecule has 6 nitrogen and oxygen atoms in total. The Balaban J connectivity index is 1.86. The lowest BCUT2D eigenvalue weighted by Gasteiger charge is -2.34. The van der Waals surface area contributed by atoms with Crippen LogP contribution in [0.5, 0.6) is 0 Å². The van der Waals surface area contributed by atoms with Crippen LogP contribution in [0.4, 0.5) is 0 Å². The molecule has 0 aromatic rings. The van der Waals surface area contributed by atoms with Crippen LogP contribution in [0, 0.1) is 5.92 Å². The summed E-state index contributed by atoms with van der Waals surface area (Å²) in [7, 11) is 1.72. The second-order valence-corrected chi connectivity index (χ2v) is 6.93. The van der Waals surface area contributed by atoms with E-state index in [1.807, 2.05) is 0 Å². The van der Waals surface area contributed by atoms with Crippen LogP contribution in [-0.2, 0) is 4.79 Å². The van der Waals surface area contributed by atoms with Gasteiger partial charge in [0, 0.05) is 39.1 Å². The normalized spacial score (nSPS) is 23.5. The third kappa shape index (κ3) is 5.36. The Kier molecular flexibility index (Phi) is 7.82. The minimum atomic E-state index is 0.162. The van der Waals surface area contributed by atoms with Crippen molar-refractivity contribution < 1.29 is 4.79 Å². The van der Waals surface area contributed by atoms with E-state index in [1.165, 1.54) is 19.4 Å². The molecule has 0 saturated carbocycles. The second-order valence-electron chi connectivity index (χ2n) is 6.93. The van der Waals surface area contributed by atoms with Crippen LogP contribution in [-0.4, -0.2) is 74.0 Å². The maximum absolute atomic E-state index is 11.5. The highest BCUT2D eigenvalue weighted by Gasteiger charge is 2.25. The van der Waals surface area contributed by atoms with Gasteiger partial charge in [0.1, 0.15) is 0 Å². The Morgan fingerprint density at radius 2 is 1.92 bits per heavy atom. The molecule has 2 aliphatic rings. The van der Waals surface area contributed by atoms with Crippen LogP contribution in [0.15, 0.2) is 4.99 Å². The number of likely N-dealkylation sites (N-methyl/N-ethyl adjacent to an activating group) is 1. The van der Waals surface area contributed by atoms with Crippen LogP contribution in [0.2, 0.25) is 0 Å². The van der Waals surface area contributed by atoms with E-state index in [4.69, 9.17) is 4.99 Å². The molecule has 2 rings (SSSR count). The van der Waals surface area contributed by atoms with Crippen molar-refractivity contribution in [2.24, 2.45) is 10.9 Å². The van der Waals surface area contributed by atoms with Crippen LogP contribution in [0.3, 0.4) is 0 Å². The predicted octanol–water partition coefficient (Wildman–Crippen LogP) is 1.28. The first kappa shape index (κ1) is 19.0. The zero-order valence-electron chi connectivity index (χ0n) is 15.7. The van der Waals surface area contributed by atoms with Crippen molar-refractivity contribution in [3.63, 3.8) is 0 Å². The number of carbonyl (C=O) groups is 1. The number of amides is 1. The number of rotatable bonds is 6. The van der Waals surface area contributed by atoms with Gasteiger partial charge in [0.15, 0.2) is 5.96 Å². The Hall–Kier alpha value is -1.30. The molecule has 0 aromatic carbocycles. The molecule has 2 fully saturated rings. The minimum absolute atomic E-state index is 0.162. The molecule has 2 N–H and O–H groups in total. The van der Waals surface area contributed by atoms with E-state index >= 15 is 0 Å². The zero-order valence-corrected chi connectivity index (χ0v) is 15.7. The number of piperidine rings is 1. The standard InChI is InChI=1S/C18H35N5O/c1-4-20-18(21-14-16-7-6-10-22(16)5-2)23-11-8-15(9-12-23)13-17(24)19-3/h15-16H,4-14H2,1-3H3,(H,19,24)(H,20,21). The van der Waals surface area contributed by atoms with Crippen molar-refractivity contribution >= 4 is 11.9 Å². The third-order valence-electron chi connectivity index (χ3n) is 5.36. The van der Waals surface area contributed by atoms with E-state index in [2.05, 4.69) is 34.3 Å². The lowest BCUT2D eigenvalue weighted by Crippen LogP contribution is -2.46. The quantitative estimate of drug-likeness (QED) is 0.566. The highest BCUT2D eigenvalue weighted by molar-refractivity contribution is 5.80. The van der Waals surface area contributed by atoms with Crippen LogP contribution in [0.25, 0.3) is 0 Å². The number of carbonyl (C=O) groups excluding carboxylic acids is 1. The van der Waals surface area contributed by atoms with Crippen molar-refractivity contribution in [1.29, 1.82) is 0 Å². The second kappa shape index (κ2) is 9.87. The molecule has 24 heavy (non-hydrogen) atoms. The van der Waals surface area contributed by atoms with E-state index in [0.29, 0.717) is 18.4 Å². The molecule has 1 atom stereocenters. The average Bonchev–Trinajstić information content (AvgIpc) is 3.06. The fourth-order valence-electron chi connectivity index (χ4n) is 3.85. The predicted molar refractivity (Wildman–Crippen MR) is 99.2 cm³/mol. The van der Waals surface area contributed by atoms with Crippen molar-refractivity contribution in [2.75, 3.05) is 46.3 Å². The summed E-state index contributed by atoms with van der Waals surface area (Å²) >= 11 is 0. The van der Waals surface area contributed by atoms with Crippen molar-refractivity contribution in [3.8, 4) is 0 Å². The van der Waals surface area contributed by atoms with Gasteiger partial charge < -0.3 is 15.5 Å². The van der Waals surface area contributed by atoms with Crippen LogP contribution < -0.4 is 10.6 Å². The Bertz CT molecular complexity index is 418. The number of aliphatic imine (C=N–C) groups is 1. The number of nitrogens with one attached hydrogen (secondary N) is 2.